The summed E-state index contributed by atoms with van der Waals surface area (Å²) < 4.78 is 21.9. The summed E-state index contributed by atoms with van der Waals surface area (Å²) in [6, 6.07) is 13.7. The number of thiophene rings is 1. The van der Waals surface area contributed by atoms with Gasteiger partial charge in [-0.3, -0.25) is 9.59 Å². The number of methoxy groups -OCH3 is 1. The Labute approximate surface area is 204 Å². The molecule has 176 valence electrons. The highest BCUT2D eigenvalue weighted by molar-refractivity contribution is 7.16. The van der Waals surface area contributed by atoms with E-state index >= 15 is 0 Å². The van der Waals surface area contributed by atoms with Gasteiger partial charge in [0.2, 0.25) is 11.2 Å². The Morgan fingerprint density at radius 3 is 2.69 bits per heavy atom. The molecule has 1 aliphatic carbocycles. The summed E-state index contributed by atoms with van der Waals surface area (Å²) in [4.78, 5) is 26.4. The van der Waals surface area contributed by atoms with Crippen LogP contribution in [-0.4, -0.2) is 19.6 Å². The first-order chi connectivity index (χ1) is 17.1. The number of anilines is 1. The van der Waals surface area contributed by atoms with Gasteiger partial charge in [-0.25, -0.2) is 0 Å². The molecule has 35 heavy (non-hydrogen) atoms. The minimum atomic E-state index is -0.369. The van der Waals surface area contributed by atoms with Crippen LogP contribution < -0.4 is 25.0 Å². The number of rotatable bonds is 7. The number of nitriles is 1. The van der Waals surface area contributed by atoms with E-state index in [0.717, 1.165) is 29.7 Å². The zero-order valence-electron chi connectivity index (χ0n) is 18.8. The Hall–Kier alpha value is -4.29. The van der Waals surface area contributed by atoms with Gasteiger partial charge >= 0.3 is 0 Å². The Bertz CT molecular complexity index is 1510. The molecule has 0 atom stereocenters. The lowest BCUT2D eigenvalue weighted by atomic mass is 10.1. The summed E-state index contributed by atoms with van der Waals surface area (Å²) in [6.07, 6.45) is 4.09. The Balaban J connectivity index is 1.26. The Morgan fingerprint density at radius 2 is 1.91 bits per heavy atom. The molecule has 8 nitrogen and oxygen atoms in total. The van der Waals surface area contributed by atoms with E-state index in [1.165, 1.54) is 17.6 Å². The first kappa shape index (κ1) is 22.5. The molecular formula is C26H20N2O6S. The quantitative estimate of drug-likeness (QED) is 0.388. The van der Waals surface area contributed by atoms with Gasteiger partial charge in [-0.05, 0) is 61.2 Å². The van der Waals surface area contributed by atoms with Crippen molar-refractivity contribution in [3.8, 4) is 29.1 Å². The van der Waals surface area contributed by atoms with Gasteiger partial charge in [-0.2, -0.15) is 5.26 Å². The number of aryl methyl sites for hydroxylation is 1. The van der Waals surface area contributed by atoms with Crippen molar-refractivity contribution in [1.82, 2.24) is 0 Å². The second-order valence-electron chi connectivity index (χ2n) is 7.87. The van der Waals surface area contributed by atoms with Gasteiger partial charge in [-0.1, -0.05) is 0 Å². The molecule has 0 unspecified atom stereocenters. The smallest absolute Gasteiger partial charge is 0.262 e. The molecule has 0 saturated carbocycles. The highest BCUT2D eigenvalue weighted by Crippen LogP contribution is 2.38. The highest BCUT2D eigenvalue weighted by atomic mass is 32.1. The molecule has 2 aromatic carbocycles. The summed E-state index contributed by atoms with van der Waals surface area (Å²) in [7, 11) is 1.57. The number of hydrogen-bond donors (Lipinski definition) is 1. The number of nitrogens with one attached hydrogen (secondary N) is 1. The third-order valence-electron chi connectivity index (χ3n) is 5.66. The molecule has 4 aromatic rings. The predicted octanol–water partition coefficient (Wildman–Crippen LogP) is 5.03. The molecule has 2 heterocycles. The fourth-order valence-corrected chi connectivity index (χ4v) is 5.20. The van der Waals surface area contributed by atoms with Crippen LogP contribution in [0.3, 0.4) is 0 Å². The van der Waals surface area contributed by atoms with E-state index in [9.17, 15) is 14.9 Å². The molecular weight excluding hydrogens is 468 g/mol. The second kappa shape index (κ2) is 9.52. The number of ether oxygens (including phenoxy) is 3. The van der Waals surface area contributed by atoms with E-state index in [1.54, 1.807) is 49.6 Å². The number of nitrogens with zero attached hydrogens (tertiary/aromatic N) is 1. The topological polar surface area (TPSA) is 111 Å². The normalized spacial score (nSPS) is 12.1. The molecule has 1 amide bonds. The zero-order valence-corrected chi connectivity index (χ0v) is 19.6. The van der Waals surface area contributed by atoms with Crippen LogP contribution in [0.2, 0.25) is 0 Å². The van der Waals surface area contributed by atoms with Crippen molar-refractivity contribution in [3.63, 3.8) is 0 Å². The molecule has 0 aliphatic heterocycles. The van der Waals surface area contributed by atoms with Crippen molar-refractivity contribution < 1.29 is 23.4 Å². The molecule has 0 spiro atoms. The minimum Gasteiger partial charge on any atom is -0.497 e. The maximum atomic E-state index is 12.8. The Kier molecular flexibility index (Phi) is 6.12. The standard InChI is InChI=1S/C26H20N2O6S/c1-31-15-5-7-16(8-6-15)34-22-13-33-21-11-17(9-10-19(21)25(22)30)32-14-24(29)28-26-20(12-27)18-3-2-4-23(18)35-26/h5-11,13H,2-4,14H2,1H3,(H,28,29). The van der Waals surface area contributed by atoms with Crippen LogP contribution in [0.4, 0.5) is 5.00 Å². The first-order valence-corrected chi connectivity index (χ1v) is 11.7. The average Bonchev–Trinajstić information content (AvgIpc) is 3.45. The van der Waals surface area contributed by atoms with Gasteiger partial charge in [0.05, 0.1) is 18.1 Å². The molecule has 0 fully saturated rings. The summed E-state index contributed by atoms with van der Waals surface area (Å²) in [6.45, 7) is -0.248. The minimum absolute atomic E-state index is 0.0480. The van der Waals surface area contributed by atoms with E-state index in [0.29, 0.717) is 38.8 Å². The van der Waals surface area contributed by atoms with E-state index < -0.39 is 0 Å². The molecule has 2 aromatic heterocycles. The van der Waals surface area contributed by atoms with Crippen LogP contribution >= 0.6 is 11.3 Å². The van der Waals surface area contributed by atoms with Crippen LogP contribution in [0.15, 0.2) is 57.9 Å². The SMILES string of the molecule is COc1ccc(Oc2coc3cc(OCC(=O)Nc4sc5c(c4C#N)CCC5)ccc3c2=O)cc1. The van der Waals surface area contributed by atoms with Crippen LogP contribution in [0.25, 0.3) is 11.0 Å². The first-order valence-electron chi connectivity index (χ1n) is 10.9. The maximum absolute atomic E-state index is 12.8. The van der Waals surface area contributed by atoms with Crippen LogP contribution in [0, 0.1) is 11.3 Å². The summed E-state index contributed by atoms with van der Waals surface area (Å²) in [5.74, 6) is 1.19. The lowest BCUT2D eigenvalue weighted by Gasteiger charge is -2.09. The van der Waals surface area contributed by atoms with Crippen molar-refractivity contribution in [2.75, 3.05) is 19.0 Å². The third kappa shape index (κ3) is 4.56. The monoisotopic (exact) mass is 488 g/mol. The van der Waals surface area contributed by atoms with Gasteiger partial charge in [0, 0.05) is 10.9 Å². The van der Waals surface area contributed by atoms with Crippen molar-refractivity contribution in [2.45, 2.75) is 19.3 Å². The average molecular weight is 489 g/mol. The molecule has 5 rings (SSSR count). The van der Waals surface area contributed by atoms with Crippen molar-refractivity contribution in [3.05, 3.63) is 75.0 Å². The van der Waals surface area contributed by atoms with Crippen LogP contribution in [0.1, 0.15) is 22.4 Å². The molecule has 0 bridgehead atoms. The van der Waals surface area contributed by atoms with Gasteiger partial charge in [-0.15, -0.1) is 11.3 Å². The molecule has 1 N–H and O–H groups in total. The van der Waals surface area contributed by atoms with E-state index in [4.69, 9.17) is 18.6 Å². The summed E-state index contributed by atoms with van der Waals surface area (Å²) in [5, 5.41) is 13.1. The number of hydrogen-bond acceptors (Lipinski definition) is 8. The van der Waals surface area contributed by atoms with Crippen LogP contribution in [-0.2, 0) is 17.6 Å². The van der Waals surface area contributed by atoms with Crippen molar-refractivity contribution in [1.29, 1.82) is 5.26 Å². The molecule has 1 aliphatic rings. The molecule has 0 radical (unpaired) electrons. The lowest BCUT2D eigenvalue weighted by molar-refractivity contribution is -0.118. The van der Waals surface area contributed by atoms with Gasteiger partial charge in [0.15, 0.2) is 6.61 Å². The number of carbonyl (C=O) groups is 1. The third-order valence-corrected chi connectivity index (χ3v) is 6.86. The Morgan fingerprint density at radius 1 is 1.14 bits per heavy atom. The van der Waals surface area contributed by atoms with E-state index in [2.05, 4.69) is 11.4 Å². The number of benzene rings is 2. The zero-order chi connectivity index (χ0) is 24.4. The van der Waals surface area contributed by atoms with Crippen molar-refractivity contribution in [2.24, 2.45) is 0 Å². The van der Waals surface area contributed by atoms with E-state index in [1.807, 2.05) is 0 Å². The summed E-state index contributed by atoms with van der Waals surface area (Å²) in [5.41, 5.74) is 1.57. The highest BCUT2D eigenvalue weighted by Gasteiger charge is 2.23. The lowest BCUT2D eigenvalue weighted by Crippen LogP contribution is -2.20. The summed E-state index contributed by atoms with van der Waals surface area (Å²) >= 11 is 1.45. The largest absolute Gasteiger partial charge is 0.497 e. The number of fused-ring (bicyclic) bond motifs is 2. The van der Waals surface area contributed by atoms with Crippen LogP contribution in [0.5, 0.6) is 23.0 Å². The van der Waals surface area contributed by atoms with Gasteiger partial charge in [0.1, 0.15) is 40.2 Å². The molecule has 0 saturated heterocycles. The fraction of sp³-hybridized carbons (Fsp3) is 0.192. The predicted molar refractivity (Wildman–Crippen MR) is 131 cm³/mol. The van der Waals surface area contributed by atoms with Gasteiger partial charge in [0.25, 0.3) is 5.91 Å². The number of amides is 1. The fourth-order valence-electron chi connectivity index (χ4n) is 3.94. The number of carbonyl (C=O) groups excluding carboxylic acids is 1. The molecule has 9 heteroatoms. The van der Waals surface area contributed by atoms with Gasteiger partial charge < -0.3 is 23.9 Å². The second-order valence-corrected chi connectivity index (χ2v) is 8.98. The van der Waals surface area contributed by atoms with Crippen molar-refractivity contribution >= 4 is 33.2 Å². The maximum Gasteiger partial charge on any atom is 0.262 e. The van der Waals surface area contributed by atoms with E-state index in [-0.39, 0.29) is 23.7 Å².